The summed E-state index contributed by atoms with van der Waals surface area (Å²) in [6.45, 7) is 0. The van der Waals surface area contributed by atoms with Gasteiger partial charge in [0.05, 0.1) is 6.04 Å². The van der Waals surface area contributed by atoms with Gasteiger partial charge >= 0.3 is 0 Å². The molecule has 82 valence electrons. The Hall–Kier alpha value is -0.0400. The third-order valence-electron chi connectivity index (χ3n) is 4.51. The van der Waals surface area contributed by atoms with Crippen molar-refractivity contribution in [2.75, 3.05) is 0 Å². The van der Waals surface area contributed by atoms with Crippen molar-refractivity contribution < 1.29 is 5.73 Å². The Morgan fingerprint density at radius 3 is 1.36 bits per heavy atom. The van der Waals surface area contributed by atoms with Crippen molar-refractivity contribution in [1.82, 2.24) is 0 Å². The van der Waals surface area contributed by atoms with Crippen molar-refractivity contribution in [3.8, 4) is 0 Å². The molecule has 0 spiro atoms. The molecule has 0 saturated heterocycles. The Kier molecular flexibility index (Phi) is 3.86. The Bertz CT molecular complexity index is 137. The SMILES string of the molecule is [NH3+]C(C1CCCCC1)C1CCCCC1. The zero-order valence-corrected chi connectivity index (χ0v) is 9.51. The minimum atomic E-state index is 0.788. The first-order chi connectivity index (χ1) is 6.88. The number of hydrogen-bond donors (Lipinski definition) is 1. The van der Waals surface area contributed by atoms with E-state index in [1.54, 1.807) is 0 Å². The van der Waals surface area contributed by atoms with Gasteiger partial charge in [-0.2, -0.15) is 0 Å². The van der Waals surface area contributed by atoms with Crippen LogP contribution in [0, 0.1) is 11.8 Å². The van der Waals surface area contributed by atoms with Gasteiger partial charge in [0.25, 0.3) is 0 Å². The van der Waals surface area contributed by atoms with Crippen molar-refractivity contribution in [3.63, 3.8) is 0 Å². The molecule has 2 saturated carbocycles. The Labute approximate surface area is 88.4 Å². The van der Waals surface area contributed by atoms with Crippen LogP contribution in [0.1, 0.15) is 64.2 Å². The molecule has 0 aromatic rings. The van der Waals surface area contributed by atoms with Gasteiger partial charge in [0.1, 0.15) is 0 Å². The fourth-order valence-electron chi connectivity index (χ4n) is 3.51. The fraction of sp³-hybridized carbons (Fsp3) is 1.00. The van der Waals surface area contributed by atoms with Crippen LogP contribution in [-0.4, -0.2) is 6.04 Å². The first-order valence-electron chi connectivity index (χ1n) is 6.71. The smallest absolute Gasteiger partial charge is 0.0900 e. The quantitative estimate of drug-likeness (QED) is 0.703. The van der Waals surface area contributed by atoms with Crippen LogP contribution in [0.15, 0.2) is 0 Å². The van der Waals surface area contributed by atoms with E-state index in [0.29, 0.717) is 0 Å². The lowest BCUT2D eigenvalue weighted by Gasteiger charge is -2.32. The van der Waals surface area contributed by atoms with E-state index in [-0.39, 0.29) is 0 Å². The van der Waals surface area contributed by atoms with E-state index in [1.807, 2.05) is 0 Å². The molecule has 0 unspecified atom stereocenters. The maximum Gasteiger partial charge on any atom is 0.0900 e. The topological polar surface area (TPSA) is 27.6 Å². The van der Waals surface area contributed by atoms with Gasteiger partial charge in [-0.05, 0) is 25.7 Å². The molecule has 0 bridgehead atoms. The molecule has 2 fully saturated rings. The van der Waals surface area contributed by atoms with Gasteiger partial charge in [-0.3, -0.25) is 0 Å². The second-order valence-electron chi connectivity index (χ2n) is 5.46. The average Bonchev–Trinajstić information content (AvgIpc) is 2.30. The first-order valence-corrected chi connectivity index (χ1v) is 6.71. The predicted molar refractivity (Wildman–Crippen MR) is 59.8 cm³/mol. The summed E-state index contributed by atoms with van der Waals surface area (Å²) in [5, 5.41) is 0. The monoisotopic (exact) mass is 196 g/mol. The third-order valence-corrected chi connectivity index (χ3v) is 4.51. The Morgan fingerprint density at radius 1 is 0.643 bits per heavy atom. The second kappa shape index (κ2) is 5.16. The maximum absolute atomic E-state index is 4.49. The van der Waals surface area contributed by atoms with Crippen molar-refractivity contribution >= 4 is 0 Å². The second-order valence-corrected chi connectivity index (χ2v) is 5.46. The highest BCUT2D eigenvalue weighted by atomic mass is 14.7. The maximum atomic E-state index is 4.49. The van der Waals surface area contributed by atoms with Crippen molar-refractivity contribution in [2.45, 2.75) is 70.3 Å². The summed E-state index contributed by atoms with van der Waals surface area (Å²) in [6, 6.07) is 0.788. The summed E-state index contributed by atoms with van der Waals surface area (Å²) in [6.07, 6.45) is 14.8. The van der Waals surface area contributed by atoms with Crippen LogP contribution in [0.2, 0.25) is 0 Å². The molecule has 1 heteroatoms. The first kappa shape index (κ1) is 10.5. The summed E-state index contributed by atoms with van der Waals surface area (Å²) in [7, 11) is 0. The molecular weight excluding hydrogens is 170 g/mol. The number of rotatable bonds is 2. The highest BCUT2D eigenvalue weighted by Gasteiger charge is 2.31. The van der Waals surface area contributed by atoms with E-state index in [4.69, 9.17) is 0 Å². The third kappa shape index (κ3) is 2.50. The summed E-state index contributed by atoms with van der Waals surface area (Å²) >= 11 is 0. The van der Waals surface area contributed by atoms with E-state index >= 15 is 0 Å². The van der Waals surface area contributed by atoms with Crippen LogP contribution in [0.25, 0.3) is 0 Å². The van der Waals surface area contributed by atoms with Crippen LogP contribution in [0.4, 0.5) is 0 Å². The molecule has 2 aliphatic carbocycles. The highest BCUT2D eigenvalue weighted by Crippen LogP contribution is 2.33. The lowest BCUT2D eigenvalue weighted by atomic mass is 9.74. The standard InChI is InChI=1S/C13H25N/c14-13(11-7-3-1-4-8-11)12-9-5-2-6-10-12/h11-13H,1-10,14H2/p+1. The molecule has 0 radical (unpaired) electrons. The van der Waals surface area contributed by atoms with Gasteiger partial charge in [0.2, 0.25) is 0 Å². The number of hydrogen-bond acceptors (Lipinski definition) is 0. The predicted octanol–water partition coefficient (Wildman–Crippen LogP) is 2.76. The summed E-state index contributed by atoms with van der Waals surface area (Å²) < 4.78 is 0. The van der Waals surface area contributed by atoms with Gasteiger partial charge in [-0.15, -0.1) is 0 Å². The van der Waals surface area contributed by atoms with E-state index in [1.165, 1.54) is 64.2 Å². The van der Waals surface area contributed by atoms with Gasteiger partial charge in [-0.25, -0.2) is 0 Å². The van der Waals surface area contributed by atoms with Crippen LogP contribution in [-0.2, 0) is 0 Å². The van der Waals surface area contributed by atoms with E-state index in [9.17, 15) is 0 Å². The molecule has 3 N–H and O–H groups in total. The zero-order valence-electron chi connectivity index (χ0n) is 9.51. The minimum absolute atomic E-state index is 0.788. The molecule has 0 aromatic heterocycles. The molecule has 0 heterocycles. The van der Waals surface area contributed by atoms with E-state index in [2.05, 4.69) is 5.73 Å². The number of quaternary nitrogens is 1. The van der Waals surface area contributed by atoms with Crippen LogP contribution in [0.3, 0.4) is 0 Å². The van der Waals surface area contributed by atoms with Crippen LogP contribution in [0.5, 0.6) is 0 Å². The Morgan fingerprint density at radius 2 is 1.00 bits per heavy atom. The fourth-order valence-corrected chi connectivity index (χ4v) is 3.51. The van der Waals surface area contributed by atoms with Crippen LogP contribution >= 0.6 is 0 Å². The molecule has 2 aliphatic rings. The normalized spacial score (nSPS) is 27.0. The zero-order chi connectivity index (χ0) is 9.80. The largest absolute Gasteiger partial charge is 0.355 e. The average molecular weight is 196 g/mol. The van der Waals surface area contributed by atoms with Crippen molar-refractivity contribution in [3.05, 3.63) is 0 Å². The van der Waals surface area contributed by atoms with Crippen molar-refractivity contribution in [2.24, 2.45) is 11.8 Å². The van der Waals surface area contributed by atoms with E-state index < -0.39 is 0 Å². The Balaban J connectivity index is 1.82. The highest BCUT2D eigenvalue weighted by molar-refractivity contribution is 4.80. The summed E-state index contributed by atoms with van der Waals surface area (Å²) in [5.41, 5.74) is 4.49. The molecule has 0 atom stereocenters. The lowest BCUT2D eigenvalue weighted by molar-refractivity contribution is -0.449. The minimum Gasteiger partial charge on any atom is -0.355 e. The van der Waals surface area contributed by atoms with Gasteiger partial charge in [0, 0.05) is 11.8 Å². The van der Waals surface area contributed by atoms with E-state index in [0.717, 1.165) is 17.9 Å². The lowest BCUT2D eigenvalue weighted by Crippen LogP contribution is -2.68. The molecule has 0 aromatic carbocycles. The molecule has 1 nitrogen and oxygen atoms in total. The molecule has 0 amide bonds. The molecular formula is C13H26N+. The van der Waals surface area contributed by atoms with Crippen molar-refractivity contribution in [1.29, 1.82) is 0 Å². The molecule has 0 aliphatic heterocycles. The van der Waals surface area contributed by atoms with Gasteiger partial charge in [0.15, 0.2) is 0 Å². The summed E-state index contributed by atoms with van der Waals surface area (Å²) in [5.74, 6) is 1.96. The molecule has 2 rings (SSSR count). The van der Waals surface area contributed by atoms with Gasteiger partial charge in [-0.1, -0.05) is 38.5 Å². The van der Waals surface area contributed by atoms with Gasteiger partial charge < -0.3 is 5.73 Å². The molecule has 14 heavy (non-hydrogen) atoms. The van der Waals surface area contributed by atoms with Crippen LogP contribution < -0.4 is 5.73 Å². The summed E-state index contributed by atoms with van der Waals surface area (Å²) in [4.78, 5) is 0.